The van der Waals surface area contributed by atoms with Gasteiger partial charge in [0.05, 0.1) is 11.3 Å². The van der Waals surface area contributed by atoms with Gasteiger partial charge in [0.15, 0.2) is 0 Å². The van der Waals surface area contributed by atoms with Crippen LogP contribution in [0.1, 0.15) is 38.3 Å². The predicted octanol–water partition coefficient (Wildman–Crippen LogP) is 2.50. The summed E-state index contributed by atoms with van der Waals surface area (Å²) in [5.41, 5.74) is 1.11. The highest BCUT2D eigenvalue weighted by atomic mass is 16.5. The van der Waals surface area contributed by atoms with E-state index in [1.54, 1.807) is 11.8 Å². The number of carbonyl (C=O) groups excluding carboxylic acids is 3. The maximum atomic E-state index is 12.8. The molecule has 0 N–H and O–H groups in total. The number of aryl methyl sites for hydroxylation is 1. The van der Waals surface area contributed by atoms with Gasteiger partial charge in [-0.1, -0.05) is 43.7 Å². The van der Waals surface area contributed by atoms with Crippen LogP contribution in [0.2, 0.25) is 0 Å². The van der Waals surface area contributed by atoms with E-state index in [1.165, 1.54) is 0 Å². The molecule has 2 aliphatic heterocycles. The second-order valence-corrected chi connectivity index (χ2v) is 7.52. The summed E-state index contributed by atoms with van der Waals surface area (Å²) in [5, 5.41) is 0. The van der Waals surface area contributed by atoms with E-state index in [4.69, 9.17) is 4.74 Å². The summed E-state index contributed by atoms with van der Waals surface area (Å²) in [7, 11) is 0. The van der Waals surface area contributed by atoms with Crippen molar-refractivity contribution in [1.82, 2.24) is 4.90 Å². The van der Waals surface area contributed by atoms with E-state index in [2.05, 4.69) is 0 Å². The molecule has 1 amide bonds. The van der Waals surface area contributed by atoms with E-state index >= 15 is 0 Å². The molecule has 0 saturated carbocycles. The molecule has 2 saturated heterocycles. The Hall–Kier alpha value is -2.17. The van der Waals surface area contributed by atoms with Crippen molar-refractivity contribution in [2.45, 2.75) is 52.8 Å². The summed E-state index contributed by atoms with van der Waals surface area (Å²) in [5.74, 6) is -0.691. The van der Waals surface area contributed by atoms with Gasteiger partial charge < -0.3 is 14.4 Å². The largest absolute Gasteiger partial charge is 0.459 e. The Morgan fingerprint density at radius 1 is 1.32 bits per heavy atom. The Morgan fingerprint density at radius 2 is 1.96 bits per heavy atom. The summed E-state index contributed by atoms with van der Waals surface area (Å²) in [6.45, 7) is 7.82. The Morgan fingerprint density at radius 3 is 2.52 bits per heavy atom. The Kier molecular flexibility index (Phi) is 4.43. The summed E-state index contributed by atoms with van der Waals surface area (Å²) >= 11 is 0. The van der Waals surface area contributed by atoms with E-state index in [-0.39, 0.29) is 30.4 Å². The van der Waals surface area contributed by atoms with E-state index < -0.39 is 17.4 Å². The molecule has 5 nitrogen and oxygen atoms in total. The Bertz CT molecular complexity index is 698. The SMILES string of the molecule is CC[C@H]1C(=O)N2C(C(=O)OCc3ccc(C)cc3)C(C)(C=O)[C@H](C)[C@H]12. The lowest BCUT2D eigenvalue weighted by Gasteiger charge is -2.45. The molecular formula is C20H25NO4. The maximum Gasteiger partial charge on any atom is 0.330 e. The first-order chi connectivity index (χ1) is 11.8. The van der Waals surface area contributed by atoms with Gasteiger partial charge >= 0.3 is 5.97 Å². The number of hydrogen-bond donors (Lipinski definition) is 0. The van der Waals surface area contributed by atoms with E-state index in [9.17, 15) is 14.4 Å². The molecule has 0 radical (unpaired) electrons. The third-order valence-corrected chi connectivity index (χ3v) is 6.08. The molecule has 1 aromatic carbocycles. The number of esters is 1. The minimum absolute atomic E-state index is 0.0396. The van der Waals surface area contributed by atoms with Crippen LogP contribution in [-0.2, 0) is 25.7 Å². The maximum absolute atomic E-state index is 12.8. The summed E-state index contributed by atoms with van der Waals surface area (Å²) in [6.07, 6.45) is 1.55. The van der Waals surface area contributed by atoms with Crippen LogP contribution in [0, 0.1) is 24.2 Å². The molecule has 0 bridgehead atoms. The minimum Gasteiger partial charge on any atom is -0.459 e. The number of rotatable bonds is 5. The topological polar surface area (TPSA) is 63.7 Å². The van der Waals surface area contributed by atoms with Crippen molar-refractivity contribution in [2.24, 2.45) is 17.3 Å². The van der Waals surface area contributed by atoms with Crippen molar-refractivity contribution >= 4 is 18.2 Å². The molecule has 2 aliphatic rings. The number of amides is 1. The zero-order valence-electron chi connectivity index (χ0n) is 15.2. The van der Waals surface area contributed by atoms with Crippen LogP contribution in [-0.4, -0.2) is 35.1 Å². The normalized spacial score (nSPS) is 33.6. The smallest absolute Gasteiger partial charge is 0.330 e. The minimum atomic E-state index is -0.908. The fourth-order valence-corrected chi connectivity index (χ4v) is 4.27. The molecule has 0 aliphatic carbocycles. The van der Waals surface area contributed by atoms with Gasteiger partial charge in [0, 0.05) is 6.04 Å². The predicted molar refractivity (Wildman–Crippen MR) is 92.5 cm³/mol. The standard InChI is InChI=1S/C20H25NO4/c1-5-15-16-13(3)20(4,11-22)17(21(16)18(15)23)19(24)25-10-14-8-6-12(2)7-9-14/h6-9,11,13,15-17H,5,10H2,1-4H3/t13-,15-,16-,17?,20?/m1/s1. The van der Waals surface area contributed by atoms with Crippen LogP contribution in [0.15, 0.2) is 24.3 Å². The number of β-lactam (4-membered cyclic amide) rings is 1. The number of aldehydes is 1. The van der Waals surface area contributed by atoms with Crippen LogP contribution in [0.25, 0.3) is 0 Å². The number of hydrogen-bond acceptors (Lipinski definition) is 4. The number of nitrogens with zero attached hydrogens (tertiary/aromatic N) is 1. The molecule has 2 heterocycles. The van der Waals surface area contributed by atoms with Crippen LogP contribution in [0.4, 0.5) is 0 Å². The van der Waals surface area contributed by atoms with Gasteiger partial charge in [0.2, 0.25) is 5.91 Å². The van der Waals surface area contributed by atoms with Gasteiger partial charge in [-0.3, -0.25) is 4.79 Å². The molecule has 0 spiro atoms. The van der Waals surface area contributed by atoms with Gasteiger partial charge in [0.25, 0.3) is 0 Å². The third kappa shape index (κ3) is 2.57. The van der Waals surface area contributed by atoms with Crippen LogP contribution >= 0.6 is 0 Å². The molecular weight excluding hydrogens is 318 g/mol. The number of benzene rings is 1. The molecule has 5 atom stereocenters. The fraction of sp³-hybridized carbons (Fsp3) is 0.550. The van der Waals surface area contributed by atoms with E-state index in [0.717, 1.165) is 23.8 Å². The quantitative estimate of drug-likeness (QED) is 0.468. The van der Waals surface area contributed by atoms with Crippen molar-refractivity contribution in [3.63, 3.8) is 0 Å². The highest BCUT2D eigenvalue weighted by molar-refractivity contribution is 5.95. The lowest BCUT2D eigenvalue weighted by atomic mass is 9.72. The summed E-state index contributed by atoms with van der Waals surface area (Å²) < 4.78 is 5.48. The van der Waals surface area contributed by atoms with Crippen LogP contribution in [0.5, 0.6) is 0 Å². The van der Waals surface area contributed by atoms with Gasteiger partial charge in [-0.25, -0.2) is 4.79 Å². The molecule has 3 rings (SSSR count). The number of carbonyl (C=O) groups is 3. The van der Waals surface area contributed by atoms with Crippen molar-refractivity contribution < 1.29 is 19.1 Å². The average molecular weight is 343 g/mol. The zero-order chi connectivity index (χ0) is 18.4. The molecule has 2 fully saturated rings. The van der Waals surface area contributed by atoms with Crippen LogP contribution < -0.4 is 0 Å². The summed E-state index contributed by atoms with van der Waals surface area (Å²) in [6, 6.07) is 6.84. The van der Waals surface area contributed by atoms with E-state index in [0.29, 0.717) is 0 Å². The van der Waals surface area contributed by atoms with Gasteiger partial charge in [0.1, 0.15) is 18.9 Å². The van der Waals surface area contributed by atoms with Gasteiger partial charge in [-0.15, -0.1) is 0 Å². The lowest BCUT2D eigenvalue weighted by molar-refractivity contribution is -0.170. The van der Waals surface area contributed by atoms with Crippen molar-refractivity contribution in [3.05, 3.63) is 35.4 Å². The van der Waals surface area contributed by atoms with Gasteiger partial charge in [-0.2, -0.15) is 0 Å². The Labute approximate surface area is 148 Å². The molecule has 1 aromatic rings. The van der Waals surface area contributed by atoms with Crippen molar-refractivity contribution in [1.29, 1.82) is 0 Å². The highest BCUT2D eigenvalue weighted by Gasteiger charge is 2.67. The first-order valence-corrected chi connectivity index (χ1v) is 8.85. The molecule has 0 aromatic heterocycles. The second kappa shape index (κ2) is 6.28. The van der Waals surface area contributed by atoms with Gasteiger partial charge in [-0.05, 0) is 31.7 Å². The molecule has 5 heteroatoms. The first kappa shape index (κ1) is 17.6. The lowest BCUT2D eigenvalue weighted by Crippen LogP contribution is -2.63. The number of ether oxygens (including phenoxy) is 1. The Balaban J connectivity index is 1.79. The van der Waals surface area contributed by atoms with E-state index in [1.807, 2.05) is 45.0 Å². The average Bonchev–Trinajstić information content (AvgIpc) is 2.81. The first-order valence-electron chi connectivity index (χ1n) is 8.85. The zero-order valence-corrected chi connectivity index (χ0v) is 15.2. The fourth-order valence-electron chi connectivity index (χ4n) is 4.27. The summed E-state index contributed by atoms with van der Waals surface area (Å²) in [4.78, 5) is 38.6. The number of fused-ring (bicyclic) bond motifs is 1. The van der Waals surface area contributed by atoms with Crippen molar-refractivity contribution in [3.8, 4) is 0 Å². The monoisotopic (exact) mass is 343 g/mol. The molecule has 2 unspecified atom stereocenters. The molecule has 25 heavy (non-hydrogen) atoms. The molecule has 134 valence electrons. The third-order valence-electron chi connectivity index (χ3n) is 6.08. The van der Waals surface area contributed by atoms with Crippen LogP contribution in [0.3, 0.4) is 0 Å². The van der Waals surface area contributed by atoms with Crippen molar-refractivity contribution in [2.75, 3.05) is 0 Å². The highest BCUT2D eigenvalue weighted by Crippen LogP contribution is 2.53. The second-order valence-electron chi connectivity index (χ2n) is 7.52.